The van der Waals surface area contributed by atoms with Crippen LogP contribution in [0.25, 0.3) is 0 Å². The normalized spacial score (nSPS) is 16.7. The molecule has 204 valence electrons. The Balaban J connectivity index is 0.000000161. The van der Waals surface area contributed by atoms with Crippen molar-refractivity contribution in [3.63, 3.8) is 0 Å². The zero-order valence-electron chi connectivity index (χ0n) is 21.4. The molecule has 0 spiro atoms. The van der Waals surface area contributed by atoms with Gasteiger partial charge in [-0.3, -0.25) is 20.2 Å². The molecular formula is C30H26N2O8. The lowest BCUT2D eigenvalue weighted by atomic mass is 10.1. The highest BCUT2D eigenvalue weighted by Gasteiger charge is 2.29. The van der Waals surface area contributed by atoms with Crippen molar-refractivity contribution in [3.05, 3.63) is 140 Å². The van der Waals surface area contributed by atoms with Crippen LogP contribution in [0.3, 0.4) is 0 Å². The summed E-state index contributed by atoms with van der Waals surface area (Å²) in [7, 11) is 0. The molecule has 6 rings (SSSR count). The van der Waals surface area contributed by atoms with Crippen molar-refractivity contribution in [3.8, 4) is 11.5 Å². The lowest BCUT2D eigenvalue weighted by Crippen LogP contribution is -1.99. The molecule has 0 saturated carbocycles. The molecule has 4 aromatic rings. The minimum Gasteiger partial charge on any atom is -0.482 e. The van der Waals surface area contributed by atoms with Crippen LogP contribution in [0.5, 0.6) is 11.5 Å². The molecule has 4 aromatic carbocycles. The minimum absolute atomic E-state index is 0.00290. The molecule has 0 radical (unpaired) electrons. The van der Waals surface area contributed by atoms with Gasteiger partial charge in [0.05, 0.1) is 23.1 Å². The maximum atomic E-state index is 11.1. The van der Waals surface area contributed by atoms with Crippen molar-refractivity contribution in [2.24, 2.45) is 0 Å². The van der Waals surface area contributed by atoms with Crippen molar-refractivity contribution in [2.45, 2.75) is 25.4 Å². The minimum atomic E-state index is -0.424. The molecule has 2 aliphatic heterocycles. The van der Waals surface area contributed by atoms with Gasteiger partial charge in [-0.15, -0.1) is 0 Å². The first-order valence-electron chi connectivity index (χ1n) is 12.6. The van der Waals surface area contributed by atoms with E-state index in [9.17, 15) is 20.2 Å². The van der Waals surface area contributed by atoms with Crippen LogP contribution in [0.2, 0.25) is 0 Å². The highest BCUT2D eigenvalue weighted by molar-refractivity contribution is 5.50. The van der Waals surface area contributed by atoms with E-state index in [-0.39, 0.29) is 35.1 Å². The van der Waals surface area contributed by atoms with Crippen LogP contribution in [0.1, 0.15) is 34.5 Å². The van der Waals surface area contributed by atoms with E-state index in [1.807, 2.05) is 72.8 Å². The topological polar surface area (TPSA) is 130 Å². The summed E-state index contributed by atoms with van der Waals surface area (Å²) < 4.78 is 21.4. The third-order valence-electron chi connectivity index (χ3n) is 6.24. The van der Waals surface area contributed by atoms with Crippen molar-refractivity contribution in [1.82, 2.24) is 0 Å². The van der Waals surface area contributed by atoms with Crippen LogP contribution in [-0.2, 0) is 22.7 Å². The summed E-state index contributed by atoms with van der Waals surface area (Å²) in [5.41, 5.74) is 3.54. The molecule has 2 heterocycles. The first-order valence-corrected chi connectivity index (χ1v) is 12.6. The van der Waals surface area contributed by atoms with E-state index in [0.29, 0.717) is 26.4 Å². The van der Waals surface area contributed by atoms with Crippen LogP contribution in [0, 0.1) is 20.2 Å². The summed E-state index contributed by atoms with van der Waals surface area (Å²) in [5.74, 6) is 0.562. The predicted octanol–water partition coefficient (Wildman–Crippen LogP) is 6.49. The maximum Gasteiger partial charge on any atom is 0.311 e. The number of nitro benzene ring substituents is 2. The molecular weight excluding hydrogens is 516 g/mol. The molecule has 0 aliphatic carbocycles. The lowest BCUT2D eigenvalue weighted by Gasteiger charge is -2.07. The average Bonchev–Trinajstić information content (AvgIpc) is 3.90. The Hall–Kier alpha value is -4.80. The van der Waals surface area contributed by atoms with Crippen LogP contribution < -0.4 is 9.47 Å². The number of nitrogens with zero attached hydrogens (tertiary/aromatic N) is 2. The fourth-order valence-corrected chi connectivity index (χ4v) is 3.95. The Morgan fingerprint density at radius 3 is 1.32 bits per heavy atom. The number of hydrogen-bond donors (Lipinski definition) is 0. The number of rotatable bonds is 10. The third-order valence-corrected chi connectivity index (χ3v) is 6.24. The molecule has 2 fully saturated rings. The molecule has 0 amide bonds. The zero-order chi connectivity index (χ0) is 27.9. The van der Waals surface area contributed by atoms with Gasteiger partial charge in [0, 0.05) is 12.1 Å². The summed E-state index contributed by atoms with van der Waals surface area (Å²) >= 11 is 0. The van der Waals surface area contributed by atoms with Gasteiger partial charge in [0.25, 0.3) is 0 Å². The van der Waals surface area contributed by atoms with Crippen molar-refractivity contribution in [2.75, 3.05) is 13.2 Å². The first-order chi connectivity index (χ1) is 19.5. The standard InChI is InChI=1S/2C15H13NO4/c2*17-16(18)13-8-12(15-10-20-15)6-7-14(13)19-9-11-4-2-1-3-5-11/h2*1-8,15H,9-10H2. The van der Waals surface area contributed by atoms with Gasteiger partial charge < -0.3 is 18.9 Å². The predicted molar refractivity (Wildman–Crippen MR) is 145 cm³/mol. The average molecular weight is 543 g/mol. The summed E-state index contributed by atoms with van der Waals surface area (Å²) in [4.78, 5) is 21.4. The monoisotopic (exact) mass is 542 g/mol. The third kappa shape index (κ3) is 7.19. The van der Waals surface area contributed by atoms with E-state index in [0.717, 1.165) is 22.3 Å². The van der Waals surface area contributed by atoms with Crippen LogP contribution in [-0.4, -0.2) is 23.1 Å². The molecule has 0 N–H and O–H groups in total. The van der Waals surface area contributed by atoms with Crippen LogP contribution in [0.4, 0.5) is 11.4 Å². The van der Waals surface area contributed by atoms with Gasteiger partial charge in [0.1, 0.15) is 25.4 Å². The van der Waals surface area contributed by atoms with Gasteiger partial charge in [-0.25, -0.2) is 0 Å². The molecule has 2 saturated heterocycles. The molecule has 40 heavy (non-hydrogen) atoms. The molecule has 2 unspecified atom stereocenters. The van der Waals surface area contributed by atoms with E-state index in [2.05, 4.69) is 0 Å². The molecule has 0 bridgehead atoms. The molecule has 0 aromatic heterocycles. The quantitative estimate of drug-likeness (QED) is 0.126. The van der Waals surface area contributed by atoms with E-state index in [4.69, 9.17) is 18.9 Å². The Kier molecular flexibility index (Phi) is 8.29. The zero-order valence-corrected chi connectivity index (χ0v) is 21.4. The Bertz CT molecular complexity index is 1360. The highest BCUT2D eigenvalue weighted by atomic mass is 16.6. The van der Waals surface area contributed by atoms with Gasteiger partial charge in [0.15, 0.2) is 11.5 Å². The van der Waals surface area contributed by atoms with Gasteiger partial charge in [0.2, 0.25) is 0 Å². The summed E-state index contributed by atoms with van der Waals surface area (Å²) in [6.07, 6.45) is -0.00579. The second-order valence-electron chi connectivity index (χ2n) is 9.16. The maximum absolute atomic E-state index is 11.1. The van der Waals surface area contributed by atoms with E-state index in [1.165, 1.54) is 12.1 Å². The van der Waals surface area contributed by atoms with E-state index < -0.39 is 9.85 Å². The van der Waals surface area contributed by atoms with Crippen molar-refractivity contribution >= 4 is 11.4 Å². The number of ether oxygens (including phenoxy) is 4. The number of hydrogen-bond acceptors (Lipinski definition) is 8. The molecule has 10 heteroatoms. The first kappa shape index (κ1) is 26.8. The fraction of sp³-hybridized carbons (Fsp3) is 0.200. The summed E-state index contributed by atoms with van der Waals surface area (Å²) in [6.45, 7) is 1.87. The van der Waals surface area contributed by atoms with Gasteiger partial charge in [-0.05, 0) is 34.4 Å². The molecule has 2 atom stereocenters. The summed E-state index contributed by atoms with van der Waals surface area (Å²) in [6, 6.07) is 29.0. The fourth-order valence-electron chi connectivity index (χ4n) is 3.95. The van der Waals surface area contributed by atoms with E-state index >= 15 is 0 Å². The van der Waals surface area contributed by atoms with E-state index in [1.54, 1.807) is 12.1 Å². The Labute approximate surface area is 230 Å². The molecule has 2 aliphatic rings. The Morgan fingerprint density at radius 1 is 0.625 bits per heavy atom. The second kappa shape index (κ2) is 12.4. The van der Waals surface area contributed by atoms with Crippen LogP contribution >= 0.6 is 0 Å². The van der Waals surface area contributed by atoms with Gasteiger partial charge in [-0.1, -0.05) is 72.8 Å². The number of epoxide rings is 2. The van der Waals surface area contributed by atoms with Crippen LogP contribution in [0.15, 0.2) is 97.1 Å². The number of benzene rings is 4. The van der Waals surface area contributed by atoms with Gasteiger partial charge >= 0.3 is 11.4 Å². The second-order valence-corrected chi connectivity index (χ2v) is 9.16. The Morgan fingerprint density at radius 2 is 1.00 bits per heavy atom. The smallest absolute Gasteiger partial charge is 0.311 e. The van der Waals surface area contributed by atoms with Crippen molar-refractivity contribution < 1.29 is 28.8 Å². The SMILES string of the molecule is O=[N+]([O-])c1cc(C2CO2)ccc1OCc1ccccc1.O=[N+]([O-])c1cc(C2CO2)ccc1OCc1ccccc1. The highest BCUT2D eigenvalue weighted by Crippen LogP contribution is 2.37. The lowest BCUT2D eigenvalue weighted by molar-refractivity contribution is -0.386. The largest absolute Gasteiger partial charge is 0.482 e. The molecule has 10 nitrogen and oxygen atoms in total. The number of nitro groups is 2. The summed E-state index contributed by atoms with van der Waals surface area (Å²) in [5, 5.41) is 22.2. The van der Waals surface area contributed by atoms with Crippen molar-refractivity contribution in [1.29, 1.82) is 0 Å². The van der Waals surface area contributed by atoms with Gasteiger partial charge in [-0.2, -0.15) is 0 Å².